The Kier molecular flexibility index (Phi) is 9.13. The Bertz CT molecular complexity index is 552. The van der Waals surface area contributed by atoms with E-state index in [1.807, 2.05) is 0 Å². The fourth-order valence-electron chi connectivity index (χ4n) is 6.32. The molecular weight excluding hydrogens is 348 g/mol. The summed E-state index contributed by atoms with van der Waals surface area (Å²) in [5.74, 6) is 2.86. The Morgan fingerprint density at radius 3 is 1.97 bits per heavy atom. The molecule has 2 fully saturated rings. The lowest BCUT2D eigenvalue weighted by molar-refractivity contribution is 0.182. The van der Waals surface area contributed by atoms with Gasteiger partial charge in [0.2, 0.25) is 0 Å². The summed E-state index contributed by atoms with van der Waals surface area (Å²) in [7, 11) is 0. The predicted octanol–water partition coefficient (Wildman–Crippen LogP) is 9.47. The van der Waals surface area contributed by atoms with E-state index in [0.29, 0.717) is 5.41 Å². The molecule has 1 aromatic rings. The first-order valence-corrected chi connectivity index (χ1v) is 13.2. The van der Waals surface area contributed by atoms with E-state index in [9.17, 15) is 0 Å². The van der Waals surface area contributed by atoms with Gasteiger partial charge in [-0.05, 0) is 79.2 Å². The van der Waals surface area contributed by atoms with Crippen LogP contribution in [0.2, 0.25) is 0 Å². The van der Waals surface area contributed by atoms with Gasteiger partial charge >= 0.3 is 0 Å². The first kappa shape index (κ1) is 22.9. The zero-order chi connectivity index (χ0) is 20.5. The summed E-state index contributed by atoms with van der Waals surface area (Å²) in [6.45, 7) is 7.19. The van der Waals surface area contributed by atoms with Crippen molar-refractivity contribution in [3.8, 4) is 0 Å². The smallest absolute Gasteiger partial charge is 0.0162 e. The van der Waals surface area contributed by atoms with Gasteiger partial charge in [0.25, 0.3) is 0 Å². The van der Waals surface area contributed by atoms with Gasteiger partial charge in [-0.25, -0.2) is 0 Å². The highest BCUT2D eigenvalue weighted by atomic mass is 14.4. The SMILES string of the molecule is CCCCCC1CCC(CCc2ccc(C3CCC(C)(CCC)CC3)cc2)CC1. The number of aryl methyl sites for hydroxylation is 1. The van der Waals surface area contributed by atoms with Crippen LogP contribution in [0.4, 0.5) is 0 Å². The van der Waals surface area contributed by atoms with Crippen LogP contribution in [0.1, 0.15) is 134 Å². The first-order chi connectivity index (χ1) is 14.1. The van der Waals surface area contributed by atoms with Crippen molar-refractivity contribution in [1.29, 1.82) is 0 Å². The highest BCUT2D eigenvalue weighted by Crippen LogP contribution is 2.45. The molecule has 0 N–H and O–H groups in total. The van der Waals surface area contributed by atoms with E-state index in [1.165, 1.54) is 103 Å². The van der Waals surface area contributed by atoms with Crippen LogP contribution < -0.4 is 0 Å². The van der Waals surface area contributed by atoms with E-state index < -0.39 is 0 Å². The van der Waals surface area contributed by atoms with Crippen molar-refractivity contribution in [1.82, 2.24) is 0 Å². The van der Waals surface area contributed by atoms with Crippen LogP contribution in [-0.4, -0.2) is 0 Å². The minimum absolute atomic E-state index is 0.625. The highest BCUT2D eigenvalue weighted by molar-refractivity contribution is 5.26. The van der Waals surface area contributed by atoms with Gasteiger partial charge in [0.05, 0.1) is 0 Å². The predicted molar refractivity (Wildman–Crippen MR) is 129 cm³/mol. The molecule has 0 radical (unpaired) electrons. The summed E-state index contributed by atoms with van der Waals surface area (Å²) in [4.78, 5) is 0. The minimum Gasteiger partial charge on any atom is -0.0654 e. The largest absolute Gasteiger partial charge is 0.0654 e. The van der Waals surface area contributed by atoms with Crippen LogP contribution in [0.3, 0.4) is 0 Å². The zero-order valence-electron chi connectivity index (χ0n) is 19.9. The van der Waals surface area contributed by atoms with Gasteiger partial charge in [0.15, 0.2) is 0 Å². The molecule has 164 valence electrons. The Morgan fingerprint density at radius 1 is 0.759 bits per heavy atom. The Balaban J connectivity index is 1.37. The Labute approximate surface area is 182 Å². The summed E-state index contributed by atoms with van der Waals surface area (Å²) >= 11 is 0. The van der Waals surface area contributed by atoms with Crippen molar-refractivity contribution in [3.05, 3.63) is 35.4 Å². The molecule has 0 saturated heterocycles. The van der Waals surface area contributed by atoms with Gasteiger partial charge in [-0.15, -0.1) is 0 Å². The number of benzene rings is 1. The first-order valence-electron chi connectivity index (χ1n) is 13.2. The van der Waals surface area contributed by atoms with Gasteiger partial charge in [-0.3, -0.25) is 0 Å². The molecule has 0 bridgehead atoms. The van der Waals surface area contributed by atoms with Crippen molar-refractivity contribution in [2.24, 2.45) is 17.3 Å². The molecular formula is C29H48. The third-order valence-corrected chi connectivity index (χ3v) is 8.52. The molecule has 1 aromatic carbocycles. The maximum Gasteiger partial charge on any atom is -0.0162 e. The molecule has 29 heavy (non-hydrogen) atoms. The number of hydrogen-bond donors (Lipinski definition) is 0. The molecule has 2 saturated carbocycles. The molecule has 0 heteroatoms. The van der Waals surface area contributed by atoms with Gasteiger partial charge in [-0.1, -0.05) is 103 Å². The average Bonchev–Trinajstić information content (AvgIpc) is 2.74. The van der Waals surface area contributed by atoms with Gasteiger partial charge < -0.3 is 0 Å². The van der Waals surface area contributed by atoms with Gasteiger partial charge in [-0.2, -0.15) is 0 Å². The molecule has 0 heterocycles. The van der Waals surface area contributed by atoms with Gasteiger partial charge in [0.1, 0.15) is 0 Å². The number of rotatable bonds is 10. The molecule has 2 aliphatic carbocycles. The van der Waals surface area contributed by atoms with Crippen LogP contribution in [0.5, 0.6) is 0 Å². The quantitative estimate of drug-likeness (QED) is 0.345. The lowest BCUT2D eigenvalue weighted by Crippen LogP contribution is -2.23. The molecule has 0 spiro atoms. The second-order valence-electron chi connectivity index (χ2n) is 11.0. The van der Waals surface area contributed by atoms with E-state index >= 15 is 0 Å². The summed E-state index contributed by atoms with van der Waals surface area (Å²) in [6, 6.07) is 9.83. The molecule has 0 aliphatic heterocycles. The maximum absolute atomic E-state index is 2.52. The minimum atomic E-state index is 0.625. The van der Waals surface area contributed by atoms with Crippen LogP contribution in [0, 0.1) is 17.3 Å². The molecule has 3 rings (SSSR count). The van der Waals surface area contributed by atoms with E-state index in [0.717, 1.165) is 17.8 Å². The van der Waals surface area contributed by atoms with E-state index in [2.05, 4.69) is 45.0 Å². The fraction of sp³-hybridized carbons (Fsp3) is 0.793. The standard InChI is InChI=1S/C29H48/c1-4-6-7-8-24-9-11-25(12-10-24)13-14-26-15-17-27(18-16-26)28-19-22-29(3,21-5-2)23-20-28/h15-18,24-25,28H,4-14,19-23H2,1-3H3. The molecule has 0 atom stereocenters. The van der Waals surface area contributed by atoms with Crippen molar-refractivity contribution >= 4 is 0 Å². The van der Waals surface area contributed by atoms with Crippen molar-refractivity contribution in [2.75, 3.05) is 0 Å². The maximum atomic E-state index is 2.52. The summed E-state index contributed by atoms with van der Waals surface area (Å²) < 4.78 is 0. The fourth-order valence-corrected chi connectivity index (χ4v) is 6.32. The molecule has 0 unspecified atom stereocenters. The lowest BCUT2D eigenvalue weighted by atomic mass is 9.68. The van der Waals surface area contributed by atoms with E-state index in [1.54, 1.807) is 11.1 Å². The van der Waals surface area contributed by atoms with Crippen molar-refractivity contribution in [2.45, 2.75) is 129 Å². The number of hydrogen-bond acceptors (Lipinski definition) is 0. The van der Waals surface area contributed by atoms with Crippen LogP contribution in [-0.2, 0) is 6.42 Å². The average molecular weight is 397 g/mol. The highest BCUT2D eigenvalue weighted by Gasteiger charge is 2.30. The monoisotopic (exact) mass is 396 g/mol. The molecule has 0 aromatic heterocycles. The second-order valence-corrected chi connectivity index (χ2v) is 11.0. The van der Waals surface area contributed by atoms with Gasteiger partial charge in [0, 0.05) is 0 Å². The van der Waals surface area contributed by atoms with Crippen LogP contribution >= 0.6 is 0 Å². The molecule has 2 aliphatic rings. The number of unbranched alkanes of at least 4 members (excludes halogenated alkanes) is 2. The van der Waals surface area contributed by atoms with Crippen molar-refractivity contribution in [3.63, 3.8) is 0 Å². The second kappa shape index (κ2) is 11.6. The van der Waals surface area contributed by atoms with Crippen LogP contribution in [0.15, 0.2) is 24.3 Å². The third-order valence-electron chi connectivity index (χ3n) is 8.52. The lowest BCUT2D eigenvalue weighted by Gasteiger charge is -2.37. The summed E-state index contributed by atoms with van der Waals surface area (Å²) in [5, 5.41) is 0. The Morgan fingerprint density at radius 2 is 1.38 bits per heavy atom. The molecule has 0 amide bonds. The van der Waals surface area contributed by atoms with E-state index in [4.69, 9.17) is 0 Å². The molecule has 0 nitrogen and oxygen atoms in total. The third kappa shape index (κ3) is 7.15. The van der Waals surface area contributed by atoms with E-state index in [-0.39, 0.29) is 0 Å². The Hall–Kier alpha value is -0.780. The summed E-state index contributed by atoms with van der Waals surface area (Å²) in [5.41, 5.74) is 3.81. The summed E-state index contributed by atoms with van der Waals surface area (Å²) in [6.07, 6.45) is 22.9. The zero-order valence-corrected chi connectivity index (χ0v) is 19.9. The topological polar surface area (TPSA) is 0 Å². The normalized spacial score (nSPS) is 30.4. The van der Waals surface area contributed by atoms with Crippen molar-refractivity contribution < 1.29 is 0 Å². The van der Waals surface area contributed by atoms with Crippen LogP contribution in [0.25, 0.3) is 0 Å².